The number of ether oxygens (including phenoxy) is 1. The van der Waals surface area contributed by atoms with Crippen LogP contribution in [0.5, 0.6) is 0 Å². The van der Waals surface area contributed by atoms with Crippen LogP contribution in [-0.2, 0) is 14.3 Å². The van der Waals surface area contributed by atoms with Gasteiger partial charge in [0.15, 0.2) is 0 Å². The number of urea groups is 1. The summed E-state index contributed by atoms with van der Waals surface area (Å²) >= 11 is 0. The van der Waals surface area contributed by atoms with Crippen LogP contribution in [0.2, 0.25) is 0 Å². The summed E-state index contributed by atoms with van der Waals surface area (Å²) in [5.74, 6) is -1.54. The lowest BCUT2D eigenvalue weighted by Gasteiger charge is -2.23. The molecular weight excluding hydrogens is 278 g/mol. The number of carboxylic acid groups (broad SMARTS) is 1. The van der Waals surface area contributed by atoms with Gasteiger partial charge in [-0.25, -0.2) is 9.59 Å². The highest BCUT2D eigenvalue weighted by atomic mass is 16.5. The number of carbonyl (C=O) groups excluding carboxylic acids is 2. The fraction of sp³-hybridized carbons (Fsp3) is 0.769. The molecule has 8 heteroatoms. The lowest BCUT2D eigenvalue weighted by molar-refractivity contribution is -0.139. The van der Waals surface area contributed by atoms with Gasteiger partial charge < -0.3 is 25.8 Å². The van der Waals surface area contributed by atoms with E-state index in [1.54, 1.807) is 6.92 Å². The highest BCUT2D eigenvalue weighted by Crippen LogP contribution is 2.29. The molecule has 0 aliphatic carbocycles. The summed E-state index contributed by atoms with van der Waals surface area (Å²) in [6, 6.07) is -1.45. The molecule has 1 aliphatic heterocycles. The van der Waals surface area contributed by atoms with Gasteiger partial charge in [0.05, 0.1) is 5.41 Å². The van der Waals surface area contributed by atoms with Crippen LogP contribution in [0.1, 0.15) is 26.2 Å². The normalized spacial score (nSPS) is 22.9. The van der Waals surface area contributed by atoms with Crippen molar-refractivity contribution < 1.29 is 24.2 Å². The van der Waals surface area contributed by atoms with Crippen LogP contribution in [0, 0.1) is 5.41 Å². The Kier molecular flexibility index (Phi) is 5.95. The summed E-state index contributed by atoms with van der Waals surface area (Å²) in [6.45, 7) is 2.73. The Bertz CT molecular complexity index is 415. The van der Waals surface area contributed by atoms with Gasteiger partial charge in [0, 0.05) is 26.8 Å². The van der Waals surface area contributed by atoms with Crippen LogP contribution in [0.15, 0.2) is 0 Å². The number of aliphatic carboxylic acids is 1. The summed E-state index contributed by atoms with van der Waals surface area (Å²) < 4.78 is 4.86. The average molecular weight is 301 g/mol. The molecule has 1 aliphatic rings. The maximum absolute atomic E-state index is 12.1. The third-order valence-corrected chi connectivity index (χ3v) is 3.79. The molecule has 0 spiro atoms. The number of rotatable bonds is 7. The van der Waals surface area contributed by atoms with Gasteiger partial charge >= 0.3 is 12.0 Å². The SMILES string of the molecule is COCCCC(NC(=O)N1CCC(C)(C(N)=O)C1)C(=O)O. The number of carbonyl (C=O) groups is 3. The second kappa shape index (κ2) is 7.26. The van der Waals surface area contributed by atoms with Crippen LogP contribution < -0.4 is 11.1 Å². The largest absolute Gasteiger partial charge is 0.480 e. The number of nitrogens with zero attached hydrogens (tertiary/aromatic N) is 1. The van der Waals surface area contributed by atoms with E-state index in [2.05, 4.69) is 5.32 Å². The number of nitrogens with two attached hydrogens (primary N) is 1. The third-order valence-electron chi connectivity index (χ3n) is 3.79. The summed E-state index contributed by atoms with van der Waals surface area (Å²) in [7, 11) is 1.53. The fourth-order valence-electron chi connectivity index (χ4n) is 2.27. The molecule has 0 aromatic rings. The highest BCUT2D eigenvalue weighted by molar-refractivity contribution is 5.85. The van der Waals surface area contributed by atoms with Crippen LogP contribution in [-0.4, -0.2) is 60.8 Å². The Morgan fingerprint density at radius 1 is 1.48 bits per heavy atom. The van der Waals surface area contributed by atoms with E-state index >= 15 is 0 Å². The van der Waals surface area contributed by atoms with Crippen molar-refractivity contribution in [3.05, 3.63) is 0 Å². The van der Waals surface area contributed by atoms with Gasteiger partial charge in [-0.2, -0.15) is 0 Å². The first-order valence-electron chi connectivity index (χ1n) is 6.87. The van der Waals surface area contributed by atoms with Gasteiger partial charge in [-0.05, 0) is 26.2 Å². The Balaban J connectivity index is 2.55. The number of carboxylic acids is 1. The van der Waals surface area contributed by atoms with E-state index in [1.165, 1.54) is 12.0 Å². The molecule has 2 atom stereocenters. The maximum Gasteiger partial charge on any atom is 0.326 e. The van der Waals surface area contributed by atoms with Crippen molar-refractivity contribution in [2.24, 2.45) is 11.1 Å². The molecule has 4 N–H and O–H groups in total. The standard InChI is InChI=1S/C13H23N3O5/c1-13(11(14)19)5-6-16(8-13)12(20)15-9(10(17)18)4-3-7-21-2/h9H,3-8H2,1-2H3,(H2,14,19)(H,15,20)(H,17,18). The predicted molar refractivity (Wildman–Crippen MR) is 74.6 cm³/mol. The number of likely N-dealkylation sites (tertiary alicyclic amines) is 1. The van der Waals surface area contributed by atoms with Gasteiger partial charge in [0.2, 0.25) is 5.91 Å². The Morgan fingerprint density at radius 3 is 2.62 bits per heavy atom. The molecule has 8 nitrogen and oxygen atoms in total. The zero-order valence-electron chi connectivity index (χ0n) is 12.4. The molecular formula is C13H23N3O5. The maximum atomic E-state index is 12.1. The van der Waals surface area contributed by atoms with Crippen LogP contribution in [0.4, 0.5) is 4.79 Å². The van der Waals surface area contributed by atoms with Gasteiger partial charge in [-0.1, -0.05) is 0 Å². The van der Waals surface area contributed by atoms with Gasteiger partial charge in [0.1, 0.15) is 6.04 Å². The van der Waals surface area contributed by atoms with E-state index in [0.29, 0.717) is 26.0 Å². The molecule has 21 heavy (non-hydrogen) atoms. The Morgan fingerprint density at radius 2 is 2.14 bits per heavy atom. The molecule has 1 saturated heterocycles. The molecule has 0 saturated carbocycles. The topological polar surface area (TPSA) is 122 Å². The van der Waals surface area contributed by atoms with Gasteiger partial charge in [0.25, 0.3) is 0 Å². The van der Waals surface area contributed by atoms with Gasteiger partial charge in [-0.15, -0.1) is 0 Å². The zero-order valence-corrected chi connectivity index (χ0v) is 12.4. The summed E-state index contributed by atoms with van der Waals surface area (Å²) in [4.78, 5) is 36.0. The Hall–Kier alpha value is -1.83. The molecule has 1 heterocycles. The number of nitrogens with one attached hydrogen (secondary N) is 1. The number of hydrogen-bond acceptors (Lipinski definition) is 4. The van der Waals surface area contributed by atoms with Crippen molar-refractivity contribution >= 4 is 17.9 Å². The average Bonchev–Trinajstić information content (AvgIpc) is 2.81. The smallest absolute Gasteiger partial charge is 0.326 e. The zero-order chi connectivity index (χ0) is 16.0. The number of methoxy groups -OCH3 is 1. The Labute approximate surface area is 123 Å². The molecule has 0 radical (unpaired) electrons. The van der Waals surface area contributed by atoms with E-state index in [9.17, 15) is 14.4 Å². The van der Waals surface area contributed by atoms with Crippen molar-refractivity contribution in [3.8, 4) is 0 Å². The van der Waals surface area contributed by atoms with Crippen molar-refractivity contribution in [1.29, 1.82) is 0 Å². The first kappa shape index (κ1) is 17.2. The molecule has 1 fully saturated rings. The van der Waals surface area contributed by atoms with E-state index in [0.717, 1.165) is 0 Å². The summed E-state index contributed by atoms with van der Waals surface area (Å²) in [5.41, 5.74) is 4.58. The molecule has 0 aromatic carbocycles. The minimum atomic E-state index is -1.09. The molecule has 120 valence electrons. The first-order chi connectivity index (χ1) is 9.80. The molecule has 3 amide bonds. The van der Waals surface area contributed by atoms with E-state index < -0.39 is 29.4 Å². The molecule has 0 aromatic heterocycles. The minimum Gasteiger partial charge on any atom is -0.480 e. The number of hydrogen-bond donors (Lipinski definition) is 3. The number of primary amides is 1. The number of amides is 3. The van der Waals surface area contributed by atoms with E-state index in [1.807, 2.05) is 0 Å². The molecule has 0 bridgehead atoms. The van der Waals surface area contributed by atoms with E-state index in [-0.39, 0.29) is 13.0 Å². The lowest BCUT2D eigenvalue weighted by Crippen LogP contribution is -2.48. The second-order valence-electron chi connectivity index (χ2n) is 5.57. The van der Waals surface area contributed by atoms with Crippen molar-refractivity contribution in [3.63, 3.8) is 0 Å². The first-order valence-corrected chi connectivity index (χ1v) is 6.87. The van der Waals surface area contributed by atoms with Gasteiger partial charge in [-0.3, -0.25) is 4.79 Å². The van der Waals surface area contributed by atoms with E-state index in [4.69, 9.17) is 15.6 Å². The summed E-state index contributed by atoms with van der Waals surface area (Å²) in [5, 5.41) is 11.6. The fourth-order valence-corrected chi connectivity index (χ4v) is 2.27. The van der Waals surface area contributed by atoms with Crippen LogP contribution in [0.25, 0.3) is 0 Å². The van der Waals surface area contributed by atoms with Crippen molar-refractivity contribution in [2.45, 2.75) is 32.2 Å². The predicted octanol–water partition coefficient (Wildman–Crippen LogP) is -0.227. The molecule has 2 unspecified atom stereocenters. The third kappa shape index (κ3) is 4.59. The lowest BCUT2D eigenvalue weighted by atomic mass is 9.89. The van der Waals surface area contributed by atoms with Crippen molar-refractivity contribution in [2.75, 3.05) is 26.8 Å². The minimum absolute atomic E-state index is 0.207. The monoisotopic (exact) mass is 301 g/mol. The van der Waals surface area contributed by atoms with Crippen LogP contribution >= 0.6 is 0 Å². The summed E-state index contributed by atoms with van der Waals surface area (Å²) in [6.07, 6.45) is 1.31. The second-order valence-corrected chi connectivity index (χ2v) is 5.57. The van der Waals surface area contributed by atoms with Crippen molar-refractivity contribution in [1.82, 2.24) is 10.2 Å². The highest BCUT2D eigenvalue weighted by Gasteiger charge is 2.41. The van der Waals surface area contributed by atoms with Crippen LogP contribution in [0.3, 0.4) is 0 Å². The quantitative estimate of drug-likeness (QED) is 0.561. The molecule has 1 rings (SSSR count).